The Balaban J connectivity index is 0.00000163. The highest BCUT2D eigenvalue weighted by molar-refractivity contribution is 5.83. The predicted octanol–water partition coefficient (Wildman–Crippen LogP) is 3.86. The van der Waals surface area contributed by atoms with E-state index < -0.39 is 0 Å². The Morgan fingerprint density at radius 2 is 2.08 bits per heavy atom. The summed E-state index contributed by atoms with van der Waals surface area (Å²) < 4.78 is 7.54. The van der Waals surface area contributed by atoms with Gasteiger partial charge in [-0.05, 0) is 43.5 Å². The van der Waals surface area contributed by atoms with Gasteiger partial charge in [0.25, 0.3) is 0 Å². The molecule has 0 saturated heterocycles. The van der Waals surface area contributed by atoms with Crippen LogP contribution in [0.25, 0.3) is 5.57 Å². The van der Waals surface area contributed by atoms with Gasteiger partial charge < -0.3 is 16.2 Å². The van der Waals surface area contributed by atoms with Gasteiger partial charge in [-0.3, -0.25) is 4.68 Å². The molecule has 0 radical (unpaired) electrons. The van der Waals surface area contributed by atoms with Gasteiger partial charge in [0.15, 0.2) is 0 Å². The molecule has 5 heteroatoms. The monoisotopic (exact) mass is 358 g/mol. The smallest absolute Gasteiger partial charge is 0.0568 e. The number of hydrogen-bond donors (Lipinski definition) is 2. The topological polar surface area (TPSA) is 79.1 Å². The van der Waals surface area contributed by atoms with Crippen molar-refractivity contribution in [3.05, 3.63) is 53.9 Å². The quantitative estimate of drug-likeness (QED) is 0.527. The number of ether oxygens (including phenoxy) is 1. The predicted molar refractivity (Wildman–Crippen MR) is 111 cm³/mol. The van der Waals surface area contributed by atoms with Crippen LogP contribution in [-0.4, -0.2) is 29.5 Å². The summed E-state index contributed by atoms with van der Waals surface area (Å²) in [5, 5.41) is 4.44. The van der Waals surface area contributed by atoms with E-state index >= 15 is 0 Å². The van der Waals surface area contributed by atoms with Crippen LogP contribution in [0.1, 0.15) is 43.9 Å². The summed E-state index contributed by atoms with van der Waals surface area (Å²) in [4.78, 5) is 0. The number of anilines is 1. The molecule has 0 saturated carbocycles. The molecular weight excluding hydrogens is 324 g/mol. The Kier molecular flexibility index (Phi) is 9.70. The van der Waals surface area contributed by atoms with E-state index in [1.54, 1.807) is 0 Å². The second kappa shape index (κ2) is 11.5. The lowest BCUT2D eigenvalue weighted by molar-refractivity contribution is 0.0971. The third kappa shape index (κ3) is 6.65. The maximum Gasteiger partial charge on any atom is 0.0568 e. The molecule has 4 N–H and O–H groups in total. The highest BCUT2D eigenvalue weighted by atomic mass is 16.5. The molecule has 0 bridgehead atoms. The first-order valence-electron chi connectivity index (χ1n) is 9.37. The van der Waals surface area contributed by atoms with Crippen LogP contribution in [0.2, 0.25) is 0 Å². The van der Waals surface area contributed by atoms with Crippen molar-refractivity contribution in [3.8, 4) is 0 Å². The van der Waals surface area contributed by atoms with Gasteiger partial charge in [-0.1, -0.05) is 39.0 Å². The maximum atomic E-state index is 6.08. The van der Waals surface area contributed by atoms with Gasteiger partial charge in [-0.25, -0.2) is 0 Å². The van der Waals surface area contributed by atoms with Gasteiger partial charge in [0.1, 0.15) is 0 Å². The van der Waals surface area contributed by atoms with E-state index in [4.69, 9.17) is 16.2 Å². The fraction of sp³-hybridized carbons (Fsp3) is 0.476. The molecule has 1 aromatic heterocycles. The maximum absolute atomic E-state index is 6.08. The molecule has 2 aromatic rings. The average Bonchev–Trinajstić information content (AvgIpc) is 3.10. The highest BCUT2D eigenvalue weighted by Crippen LogP contribution is 2.27. The van der Waals surface area contributed by atoms with Crippen molar-refractivity contribution in [2.75, 3.05) is 25.5 Å². The molecule has 0 aliphatic heterocycles. The molecule has 5 nitrogen and oxygen atoms in total. The highest BCUT2D eigenvalue weighted by Gasteiger charge is 2.10. The molecule has 0 aliphatic rings. The summed E-state index contributed by atoms with van der Waals surface area (Å²) in [5.41, 5.74) is 16.3. The van der Waals surface area contributed by atoms with Gasteiger partial charge in [-0.2, -0.15) is 5.10 Å². The Labute approximate surface area is 158 Å². The molecule has 26 heavy (non-hydrogen) atoms. The van der Waals surface area contributed by atoms with E-state index in [1.165, 1.54) is 0 Å². The number of hydrogen-bond acceptors (Lipinski definition) is 4. The minimum atomic E-state index is 0.382. The van der Waals surface area contributed by atoms with Crippen LogP contribution in [0.5, 0.6) is 0 Å². The minimum absolute atomic E-state index is 0.382. The van der Waals surface area contributed by atoms with Gasteiger partial charge >= 0.3 is 0 Å². The zero-order valence-corrected chi connectivity index (χ0v) is 16.7. The lowest BCUT2D eigenvalue weighted by Gasteiger charge is -2.12. The Morgan fingerprint density at radius 1 is 1.35 bits per heavy atom. The number of nitrogens with zero attached hydrogens (tertiary/aromatic N) is 2. The fourth-order valence-corrected chi connectivity index (χ4v) is 2.55. The van der Waals surface area contributed by atoms with E-state index in [-0.39, 0.29) is 0 Å². The Morgan fingerprint density at radius 3 is 2.77 bits per heavy atom. The number of aromatic nitrogens is 2. The van der Waals surface area contributed by atoms with E-state index in [2.05, 4.69) is 24.7 Å². The van der Waals surface area contributed by atoms with E-state index in [9.17, 15) is 0 Å². The number of aryl methyl sites for hydroxylation is 1. The fourth-order valence-electron chi connectivity index (χ4n) is 2.55. The molecule has 1 atom stereocenters. The van der Waals surface area contributed by atoms with Crippen LogP contribution in [0.15, 0.2) is 37.2 Å². The normalized spacial score (nSPS) is 11.6. The molecule has 1 aromatic carbocycles. The van der Waals surface area contributed by atoms with E-state index in [0.717, 1.165) is 40.9 Å². The molecule has 144 valence electrons. The Hall–Kier alpha value is -2.11. The average molecular weight is 359 g/mol. The van der Waals surface area contributed by atoms with Crippen LogP contribution in [0, 0.1) is 12.8 Å². The van der Waals surface area contributed by atoms with Crippen molar-refractivity contribution in [2.45, 2.75) is 40.7 Å². The SMILES string of the molecule is C=C(c1cnn(CC(C)COCCCN)c1)c1cc(C)ccc1N.CC. The van der Waals surface area contributed by atoms with Crippen LogP contribution >= 0.6 is 0 Å². The lowest BCUT2D eigenvalue weighted by Crippen LogP contribution is -2.15. The van der Waals surface area contributed by atoms with Crippen LogP contribution in [0.3, 0.4) is 0 Å². The second-order valence-corrected chi connectivity index (χ2v) is 6.34. The van der Waals surface area contributed by atoms with Gasteiger partial charge in [0.05, 0.1) is 12.8 Å². The number of nitrogens with two attached hydrogens (primary N) is 2. The minimum Gasteiger partial charge on any atom is -0.398 e. The van der Waals surface area contributed by atoms with E-state index in [0.29, 0.717) is 25.7 Å². The number of nitrogen functional groups attached to an aromatic ring is 1. The lowest BCUT2D eigenvalue weighted by atomic mass is 9.99. The summed E-state index contributed by atoms with van der Waals surface area (Å²) in [6, 6.07) is 5.98. The molecular formula is C21H34N4O. The van der Waals surface area contributed by atoms with Crippen molar-refractivity contribution < 1.29 is 4.74 Å². The van der Waals surface area contributed by atoms with Crippen LogP contribution in [0.4, 0.5) is 5.69 Å². The molecule has 0 spiro atoms. The second-order valence-electron chi connectivity index (χ2n) is 6.34. The van der Waals surface area contributed by atoms with Crippen LogP contribution in [-0.2, 0) is 11.3 Å². The standard InChI is InChI=1S/C19H28N4O.C2H6/c1-14-5-6-19(21)18(9-14)16(3)17-10-22-23(12-17)11-15(2)13-24-8-4-7-20;1-2/h5-6,9-10,12,15H,3-4,7-8,11,13,20-21H2,1-2H3;1-2H3. The largest absolute Gasteiger partial charge is 0.398 e. The summed E-state index contributed by atoms with van der Waals surface area (Å²) in [5.74, 6) is 0.382. The van der Waals surface area contributed by atoms with E-state index in [1.807, 2.05) is 50.0 Å². The number of benzene rings is 1. The van der Waals surface area contributed by atoms with Crippen molar-refractivity contribution in [2.24, 2.45) is 11.7 Å². The van der Waals surface area contributed by atoms with Gasteiger partial charge in [0.2, 0.25) is 0 Å². The van der Waals surface area contributed by atoms with Crippen molar-refractivity contribution in [1.82, 2.24) is 9.78 Å². The third-order valence-electron chi connectivity index (χ3n) is 3.91. The van der Waals surface area contributed by atoms with Gasteiger partial charge in [-0.15, -0.1) is 0 Å². The zero-order chi connectivity index (χ0) is 19.5. The molecule has 0 amide bonds. The molecule has 2 rings (SSSR count). The summed E-state index contributed by atoms with van der Waals surface area (Å²) in [7, 11) is 0. The first kappa shape index (κ1) is 21.9. The molecule has 0 fully saturated rings. The van der Waals surface area contributed by atoms with Crippen molar-refractivity contribution >= 4 is 11.3 Å². The van der Waals surface area contributed by atoms with Crippen LogP contribution < -0.4 is 11.5 Å². The first-order chi connectivity index (χ1) is 12.5. The molecule has 0 aliphatic carbocycles. The van der Waals surface area contributed by atoms with Crippen molar-refractivity contribution in [3.63, 3.8) is 0 Å². The molecule has 1 unspecified atom stereocenters. The van der Waals surface area contributed by atoms with Crippen molar-refractivity contribution in [1.29, 1.82) is 0 Å². The summed E-state index contributed by atoms with van der Waals surface area (Å²) >= 11 is 0. The zero-order valence-electron chi connectivity index (χ0n) is 16.7. The Bertz CT molecular complexity index is 678. The first-order valence-corrected chi connectivity index (χ1v) is 9.37. The summed E-state index contributed by atoms with van der Waals surface area (Å²) in [6.45, 7) is 15.3. The summed E-state index contributed by atoms with van der Waals surface area (Å²) in [6.07, 6.45) is 4.75. The van der Waals surface area contributed by atoms with Gasteiger partial charge in [0, 0.05) is 36.2 Å². The molecule has 1 heterocycles. The third-order valence-corrected chi connectivity index (χ3v) is 3.91. The number of rotatable bonds is 9.